The van der Waals surface area contributed by atoms with Crippen LogP contribution in [0.3, 0.4) is 0 Å². The van der Waals surface area contributed by atoms with Gasteiger partial charge in [0.15, 0.2) is 21.3 Å². The molecule has 0 spiro atoms. The minimum atomic E-state index is -2.88. The van der Waals surface area contributed by atoms with Gasteiger partial charge in [-0.3, -0.25) is 4.90 Å². The van der Waals surface area contributed by atoms with Gasteiger partial charge in [0.2, 0.25) is 0 Å². The van der Waals surface area contributed by atoms with Crippen LogP contribution in [0.15, 0.2) is 36.4 Å². The quantitative estimate of drug-likeness (QED) is 0.635. The lowest BCUT2D eigenvalue weighted by atomic mass is 10.2. The molecule has 2 aliphatic rings. The summed E-state index contributed by atoms with van der Waals surface area (Å²) in [5, 5.41) is 12.9. The van der Waals surface area contributed by atoms with Crippen LogP contribution in [0.4, 0.5) is 10.2 Å². The summed E-state index contributed by atoms with van der Waals surface area (Å²) in [6, 6.07) is 10.3. The molecule has 1 unspecified atom stereocenters. The van der Waals surface area contributed by atoms with Gasteiger partial charge >= 0.3 is 0 Å². The average Bonchev–Trinajstić information content (AvgIpc) is 3.31. The zero-order valence-electron chi connectivity index (χ0n) is 15.8. The summed E-state index contributed by atoms with van der Waals surface area (Å²) in [7, 11) is -2.88. The molecule has 2 saturated heterocycles. The first-order valence-corrected chi connectivity index (χ1v) is 11.5. The van der Waals surface area contributed by atoms with Gasteiger partial charge in [0.05, 0.1) is 17.1 Å². The zero-order valence-corrected chi connectivity index (χ0v) is 16.6. The summed E-state index contributed by atoms with van der Waals surface area (Å²) in [5.74, 6) is 1.34. The van der Waals surface area contributed by atoms with Crippen molar-refractivity contribution in [2.24, 2.45) is 0 Å². The number of aromatic nitrogens is 4. The lowest BCUT2D eigenvalue weighted by molar-refractivity contribution is 0.200. The standard InChI is InChI=1S/C19H21FN6O2S/c20-16-4-2-1-3-15(16)19-22-21-17-5-6-18(23-26(17)19)25-10-8-24(9-11-25)14-7-12-29(27,28)13-14/h1-6,14H,7-13H2. The smallest absolute Gasteiger partial charge is 0.188 e. The van der Waals surface area contributed by atoms with E-state index in [9.17, 15) is 12.8 Å². The molecule has 152 valence electrons. The van der Waals surface area contributed by atoms with E-state index in [0.29, 0.717) is 22.8 Å². The summed E-state index contributed by atoms with van der Waals surface area (Å²) in [6.07, 6.45) is 0.721. The second-order valence-corrected chi connectivity index (χ2v) is 9.77. The second kappa shape index (κ2) is 7.03. The molecule has 29 heavy (non-hydrogen) atoms. The SMILES string of the molecule is O=S1(=O)CCC(N2CCN(c3ccc4nnc(-c5ccccc5F)n4n3)CC2)C1. The lowest BCUT2D eigenvalue weighted by Crippen LogP contribution is -2.51. The molecule has 2 fully saturated rings. The molecule has 3 aromatic rings. The number of halogens is 1. The van der Waals surface area contributed by atoms with Gasteiger partial charge in [-0.25, -0.2) is 12.8 Å². The van der Waals surface area contributed by atoms with Crippen LogP contribution < -0.4 is 4.90 Å². The number of hydrogen-bond donors (Lipinski definition) is 0. The maximum absolute atomic E-state index is 14.2. The Balaban J connectivity index is 1.36. The van der Waals surface area contributed by atoms with Crippen molar-refractivity contribution in [1.29, 1.82) is 0 Å². The van der Waals surface area contributed by atoms with Gasteiger partial charge < -0.3 is 4.90 Å². The Labute approximate surface area is 167 Å². The Kier molecular flexibility index (Phi) is 4.47. The fourth-order valence-electron chi connectivity index (χ4n) is 4.14. The van der Waals surface area contributed by atoms with E-state index in [4.69, 9.17) is 0 Å². The molecule has 1 atom stereocenters. The first kappa shape index (κ1) is 18.4. The number of hydrogen-bond acceptors (Lipinski definition) is 7. The Morgan fingerprint density at radius 2 is 1.79 bits per heavy atom. The lowest BCUT2D eigenvalue weighted by Gasteiger charge is -2.38. The van der Waals surface area contributed by atoms with Gasteiger partial charge in [-0.05, 0) is 30.7 Å². The van der Waals surface area contributed by atoms with Crippen molar-refractivity contribution in [3.05, 3.63) is 42.2 Å². The van der Waals surface area contributed by atoms with E-state index in [1.165, 1.54) is 6.07 Å². The van der Waals surface area contributed by atoms with Crippen LogP contribution >= 0.6 is 0 Å². The van der Waals surface area contributed by atoms with Gasteiger partial charge in [-0.15, -0.1) is 15.3 Å². The molecule has 0 saturated carbocycles. The summed E-state index contributed by atoms with van der Waals surface area (Å²) in [4.78, 5) is 4.42. The number of nitrogens with zero attached hydrogens (tertiary/aromatic N) is 6. The fourth-order valence-corrected chi connectivity index (χ4v) is 5.90. The summed E-state index contributed by atoms with van der Waals surface area (Å²) in [6.45, 7) is 3.10. The molecular weight excluding hydrogens is 395 g/mol. The predicted octanol–water partition coefficient (Wildman–Crippen LogP) is 1.24. The highest BCUT2D eigenvalue weighted by Gasteiger charge is 2.33. The number of rotatable bonds is 3. The number of sulfone groups is 1. The van der Waals surface area contributed by atoms with E-state index < -0.39 is 9.84 Å². The van der Waals surface area contributed by atoms with Gasteiger partial charge in [0.1, 0.15) is 11.6 Å². The molecule has 5 rings (SSSR count). The first-order valence-electron chi connectivity index (χ1n) is 9.67. The average molecular weight is 416 g/mol. The normalized spacial score (nSPS) is 22.4. The van der Waals surface area contributed by atoms with Gasteiger partial charge in [0, 0.05) is 32.2 Å². The minimum Gasteiger partial charge on any atom is -0.353 e. The second-order valence-electron chi connectivity index (χ2n) is 7.54. The number of benzene rings is 1. The Morgan fingerprint density at radius 3 is 2.52 bits per heavy atom. The molecule has 10 heteroatoms. The molecule has 4 heterocycles. The van der Waals surface area contributed by atoms with E-state index in [2.05, 4.69) is 25.1 Å². The third-order valence-corrected chi connectivity index (χ3v) is 7.48. The van der Waals surface area contributed by atoms with Crippen molar-refractivity contribution in [3.63, 3.8) is 0 Å². The summed E-state index contributed by atoms with van der Waals surface area (Å²) < 4.78 is 39.3. The molecule has 0 radical (unpaired) electrons. The maximum Gasteiger partial charge on any atom is 0.188 e. The molecular formula is C19H21FN6O2S. The number of anilines is 1. The van der Waals surface area contributed by atoms with Gasteiger partial charge in [-0.2, -0.15) is 4.52 Å². The molecule has 2 aliphatic heterocycles. The summed E-state index contributed by atoms with van der Waals surface area (Å²) in [5.41, 5.74) is 0.915. The van der Waals surface area contributed by atoms with Gasteiger partial charge in [0.25, 0.3) is 0 Å². The maximum atomic E-state index is 14.2. The van der Waals surface area contributed by atoms with Crippen LogP contribution in [0, 0.1) is 5.82 Å². The van der Waals surface area contributed by atoms with Gasteiger partial charge in [-0.1, -0.05) is 12.1 Å². The van der Waals surface area contributed by atoms with Crippen molar-refractivity contribution < 1.29 is 12.8 Å². The molecule has 0 amide bonds. The zero-order chi connectivity index (χ0) is 20.0. The third kappa shape index (κ3) is 3.46. The van der Waals surface area contributed by atoms with Crippen molar-refractivity contribution >= 4 is 21.3 Å². The van der Waals surface area contributed by atoms with Crippen LogP contribution in [0.2, 0.25) is 0 Å². The third-order valence-electron chi connectivity index (χ3n) is 5.73. The first-order chi connectivity index (χ1) is 14.0. The fraction of sp³-hybridized carbons (Fsp3) is 0.421. The van der Waals surface area contributed by atoms with Crippen molar-refractivity contribution in [2.75, 3.05) is 42.6 Å². The Bertz CT molecular complexity index is 1160. The molecule has 0 bridgehead atoms. The highest BCUT2D eigenvalue weighted by atomic mass is 32.2. The largest absolute Gasteiger partial charge is 0.353 e. The van der Waals surface area contributed by atoms with Crippen molar-refractivity contribution in [3.8, 4) is 11.4 Å². The highest BCUT2D eigenvalue weighted by molar-refractivity contribution is 7.91. The predicted molar refractivity (Wildman–Crippen MR) is 107 cm³/mol. The van der Waals surface area contributed by atoms with Crippen LogP contribution in [-0.2, 0) is 9.84 Å². The summed E-state index contributed by atoms with van der Waals surface area (Å²) >= 11 is 0. The van der Waals surface area contributed by atoms with E-state index in [1.807, 2.05) is 12.1 Å². The van der Waals surface area contributed by atoms with E-state index >= 15 is 0 Å². The molecule has 1 aromatic carbocycles. The van der Waals surface area contributed by atoms with Crippen LogP contribution in [0.25, 0.3) is 17.0 Å². The Hall–Kier alpha value is -2.59. The van der Waals surface area contributed by atoms with Crippen LogP contribution in [-0.4, -0.2) is 76.9 Å². The molecule has 0 aliphatic carbocycles. The van der Waals surface area contributed by atoms with Crippen LogP contribution in [0.5, 0.6) is 0 Å². The molecule has 2 aromatic heterocycles. The van der Waals surface area contributed by atoms with E-state index in [0.717, 1.165) is 38.4 Å². The van der Waals surface area contributed by atoms with Crippen LogP contribution in [0.1, 0.15) is 6.42 Å². The number of fused-ring (bicyclic) bond motifs is 1. The van der Waals surface area contributed by atoms with E-state index in [1.54, 1.807) is 22.7 Å². The molecule has 0 N–H and O–H groups in total. The molecule has 8 nitrogen and oxygen atoms in total. The minimum absolute atomic E-state index is 0.128. The monoisotopic (exact) mass is 416 g/mol. The topological polar surface area (TPSA) is 83.7 Å². The highest BCUT2D eigenvalue weighted by Crippen LogP contribution is 2.24. The van der Waals surface area contributed by atoms with Crippen molar-refractivity contribution in [2.45, 2.75) is 12.5 Å². The van der Waals surface area contributed by atoms with Crippen molar-refractivity contribution in [1.82, 2.24) is 24.7 Å². The number of piperazine rings is 1. The Morgan fingerprint density at radius 1 is 1.00 bits per heavy atom. The van der Waals surface area contributed by atoms with E-state index in [-0.39, 0.29) is 17.6 Å².